The summed E-state index contributed by atoms with van der Waals surface area (Å²) in [4.78, 5) is 14.7. The summed E-state index contributed by atoms with van der Waals surface area (Å²) in [5, 5.41) is 8.17. The zero-order chi connectivity index (χ0) is 12.0. The number of halogens is 1. The van der Waals surface area contributed by atoms with Crippen LogP contribution in [0.25, 0.3) is 10.4 Å². The molecule has 6 nitrogen and oxygen atoms in total. The van der Waals surface area contributed by atoms with Crippen molar-refractivity contribution in [1.82, 2.24) is 5.32 Å². The fourth-order valence-electron chi connectivity index (χ4n) is 1.14. The van der Waals surface area contributed by atoms with Gasteiger partial charge in [0, 0.05) is 27.4 Å². The zero-order valence-electron chi connectivity index (χ0n) is 8.26. The molecule has 0 aromatic carbocycles. The van der Waals surface area contributed by atoms with E-state index in [0.717, 1.165) is 9.35 Å². The molecule has 1 aromatic heterocycles. The van der Waals surface area contributed by atoms with Gasteiger partial charge in [0.05, 0.1) is 0 Å². The minimum Gasteiger partial charge on any atom is -0.368 e. The largest absolute Gasteiger partial charge is 0.368 e. The Morgan fingerprint density at radius 2 is 2.56 bits per heavy atom. The van der Waals surface area contributed by atoms with E-state index in [1.165, 1.54) is 11.3 Å². The topological polar surface area (TPSA) is 104 Å². The Hall–Kier alpha value is -1.08. The molecule has 0 aliphatic rings. The molecule has 0 fully saturated rings. The highest BCUT2D eigenvalue weighted by molar-refractivity contribution is 9.10. The van der Waals surface area contributed by atoms with Gasteiger partial charge in [0.2, 0.25) is 5.91 Å². The maximum absolute atomic E-state index is 11.3. The number of hydrogen-bond donors (Lipinski definition) is 2. The molecule has 0 spiro atoms. The highest BCUT2D eigenvalue weighted by Gasteiger charge is 2.20. The molecule has 8 heteroatoms. The Labute approximate surface area is 105 Å². The maximum atomic E-state index is 11.3. The van der Waals surface area contributed by atoms with Crippen LogP contribution in [0.5, 0.6) is 0 Å². The number of hydrogen-bond acceptors (Lipinski definition) is 4. The number of rotatable bonds is 6. The van der Waals surface area contributed by atoms with Gasteiger partial charge in [-0.1, -0.05) is 5.11 Å². The molecule has 3 N–H and O–H groups in total. The van der Waals surface area contributed by atoms with E-state index in [9.17, 15) is 4.79 Å². The Bertz CT molecular complexity index is 414. The summed E-state index contributed by atoms with van der Waals surface area (Å²) < 4.78 is 0.845. The second-order valence-corrected chi connectivity index (χ2v) is 4.68. The lowest BCUT2D eigenvalue weighted by Crippen LogP contribution is -2.34. The van der Waals surface area contributed by atoms with Crippen LogP contribution >= 0.6 is 27.3 Å². The molecule has 0 bridgehead atoms. The van der Waals surface area contributed by atoms with E-state index in [0.29, 0.717) is 6.54 Å². The summed E-state index contributed by atoms with van der Waals surface area (Å²) in [6.45, 7) is 0.686. The summed E-state index contributed by atoms with van der Waals surface area (Å²) in [5.41, 5.74) is 13.4. The molecular weight excluding hydrogens is 294 g/mol. The summed E-state index contributed by atoms with van der Waals surface area (Å²) in [6, 6.07) is 1.30. The van der Waals surface area contributed by atoms with Gasteiger partial charge in [0.15, 0.2) is 0 Å². The lowest BCUT2D eigenvalue weighted by molar-refractivity contribution is -0.120. The molecule has 1 amide bonds. The van der Waals surface area contributed by atoms with Crippen LogP contribution in [-0.2, 0) is 4.79 Å². The van der Waals surface area contributed by atoms with E-state index in [1.54, 1.807) is 0 Å². The quantitative estimate of drug-likeness (QED) is 0.363. The van der Waals surface area contributed by atoms with E-state index in [2.05, 4.69) is 31.3 Å². The second-order valence-electron chi connectivity index (χ2n) is 2.88. The number of nitrogens with one attached hydrogen (secondary N) is 1. The van der Waals surface area contributed by atoms with E-state index in [4.69, 9.17) is 11.3 Å². The van der Waals surface area contributed by atoms with Crippen molar-refractivity contribution in [1.29, 1.82) is 0 Å². The van der Waals surface area contributed by atoms with E-state index < -0.39 is 11.9 Å². The van der Waals surface area contributed by atoms with Gasteiger partial charge in [0.1, 0.15) is 6.04 Å². The first kappa shape index (κ1) is 13.0. The molecule has 1 aromatic rings. The molecule has 0 saturated carbocycles. The third-order valence-electron chi connectivity index (χ3n) is 1.81. The summed E-state index contributed by atoms with van der Waals surface area (Å²) in [5.74, 6) is -0.455. The summed E-state index contributed by atoms with van der Waals surface area (Å²) in [7, 11) is 0. The molecule has 1 atom stereocenters. The van der Waals surface area contributed by atoms with Crippen LogP contribution in [0.15, 0.2) is 21.0 Å². The smallest absolute Gasteiger partial charge is 0.240 e. The number of thiophene rings is 1. The Balaban J connectivity index is 2.65. The maximum Gasteiger partial charge on any atom is 0.240 e. The van der Waals surface area contributed by atoms with Crippen molar-refractivity contribution in [2.45, 2.75) is 6.04 Å². The first-order valence-corrected chi connectivity index (χ1v) is 6.10. The number of amides is 1. The molecular formula is C8H10BrN5OS. The molecule has 1 rings (SSSR count). The lowest BCUT2D eigenvalue weighted by atomic mass is 10.2. The van der Waals surface area contributed by atoms with Gasteiger partial charge >= 0.3 is 0 Å². The molecule has 86 valence electrons. The molecule has 0 radical (unpaired) electrons. The average Bonchev–Trinajstić information content (AvgIpc) is 2.64. The summed E-state index contributed by atoms with van der Waals surface area (Å²) in [6.07, 6.45) is 0. The van der Waals surface area contributed by atoms with Crippen molar-refractivity contribution in [3.8, 4) is 0 Å². The average molecular weight is 304 g/mol. The van der Waals surface area contributed by atoms with Crippen molar-refractivity contribution < 1.29 is 4.79 Å². The monoisotopic (exact) mass is 303 g/mol. The van der Waals surface area contributed by atoms with Crippen molar-refractivity contribution in [2.75, 3.05) is 13.1 Å². The predicted molar refractivity (Wildman–Crippen MR) is 66.0 cm³/mol. The molecule has 0 aliphatic heterocycles. The van der Waals surface area contributed by atoms with Crippen molar-refractivity contribution in [3.63, 3.8) is 0 Å². The minimum absolute atomic E-state index is 0.281. The van der Waals surface area contributed by atoms with Crippen LogP contribution in [0.2, 0.25) is 0 Å². The predicted octanol–water partition coefficient (Wildman–Crippen LogP) is 1.94. The van der Waals surface area contributed by atoms with Gasteiger partial charge in [-0.2, -0.15) is 0 Å². The summed E-state index contributed by atoms with van der Waals surface area (Å²) >= 11 is 4.77. The number of nitrogens with zero attached hydrogens (tertiary/aromatic N) is 3. The van der Waals surface area contributed by atoms with Crippen LogP contribution in [-0.4, -0.2) is 19.0 Å². The number of nitrogens with two attached hydrogens (primary N) is 1. The molecule has 1 heterocycles. The normalized spacial score (nSPS) is 11.8. The molecule has 1 unspecified atom stereocenters. The molecule has 0 saturated heterocycles. The molecule has 16 heavy (non-hydrogen) atoms. The van der Waals surface area contributed by atoms with Crippen LogP contribution in [0.3, 0.4) is 0 Å². The third kappa shape index (κ3) is 3.49. The van der Waals surface area contributed by atoms with Crippen LogP contribution in [0.4, 0.5) is 0 Å². The van der Waals surface area contributed by atoms with Gasteiger partial charge in [-0.15, -0.1) is 11.3 Å². The van der Waals surface area contributed by atoms with E-state index in [1.807, 2.05) is 11.4 Å². The Morgan fingerprint density at radius 3 is 3.06 bits per heavy atom. The van der Waals surface area contributed by atoms with Crippen LogP contribution in [0.1, 0.15) is 10.9 Å². The first-order valence-electron chi connectivity index (χ1n) is 4.43. The van der Waals surface area contributed by atoms with E-state index in [-0.39, 0.29) is 6.54 Å². The number of carbonyl (C=O) groups excluding carboxylic acids is 1. The lowest BCUT2D eigenvalue weighted by Gasteiger charge is -2.13. The van der Waals surface area contributed by atoms with Crippen LogP contribution in [0, 0.1) is 0 Å². The standard InChI is InChI=1S/C8H10BrN5OS/c9-5-1-4-16-7(5)6(8(10)15)12-2-3-13-14-11/h1,4,6,12H,2-3H2,(H2,10,15). The highest BCUT2D eigenvalue weighted by Crippen LogP contribution is 2.28. The number of carbonyl (C=O) groups is 1. The van der Waals surface area contributed by atoms with Gasteiger partial charge in [0.25, 0.3) is 0 Å². The SMILES string of the molecule is [N-]=[N+]=NCCNC(C(N)=O)c1sccc1Br. The van der Waals surface area contributed by atoms with Crippen molar-refractivity contribution in [2.24, 2.45) is 10.8 Å². The fourth-order valence-corrected chi connectivity index (χ4v) is 2.82. The van der Waals surface area contributed by atoms with Gasteiger partial charge in [-0.3, -0.25) is 4.79 Å². The van der Waals surface area contributed by atoms with Crippen LogP contribution < -0.4 is 11.1 Å². The second kappa shape index (κ2) is 6.49. The number of primary amides is 1. The third-order valence-corrected chi connectivity index (χ3v) is 3.75. The Morgan fingerprint density at radius 1 is 1.81 bits per heavy atom. The Kier molecular flexibility index (Phi) is 5.27. The van der Waals surface area contributed by atoms with Gasteiger partial charge in [-0.05, 0) is 32.9 Å². The zero-order valence-corrected chi connectivity index (χ0v) is 10.7. The van der Waals surface area contributed by atoms with E-state index >= 15 is 0 Å². The highest BCUT2D eigenvalue weighted by atomic mass is 79.9. The fraction of sp³-hybridized carbons (Fsp3) is 0.375. The first-order chi connectivity index (χ1) is 7.66. The number of azide groups is 1. The minimum atomic E-state index is -0.553. The molecule has 0 aliphatic carbocycles. The van der Waals surface area contributed by atoms with Crippen molar-refractivity contribution >= 4 is 33.2 Å². The van der Waals surface area contributed by atoms with Gasteiger partial charge in [-0.25, -0.2) is 0 Å². The van der Waals surface area contributed by atoms with Crippen molar-refractivity contribution in [3.05, 3.63) is 31.2 Å². The van der Waals surface area contributed by atoms with Gasteiger partial charge < -0.3 is 11.1 Å².